The Morgan fingerprint density at radius 3 is 2.96 bits per heavy atom. The zero-order valence-corrected chi connectivity index (χ0v) is 15.0. The summed E-state index contributed by atoms with van der Waals surface area (Å²) in [6.07, 6.45) is 2.84. The summed E-state index contributed by atoms with van der Waals surface area (Å²) in [7, 11) is 2.10. The highest BCUT2D eigenvalue weighted by molar-refractivity contribution is 5.88. The van der Waals surface area contributed by atoms with Gasteiger partial charge in [0.25, 0.3) is 0 Å². The number of ether oxygens (including phenoxy) is 1. The predicted octanol–water partition coefficient (Wildman–Crippen LogP) is 2.44. The third-order valence-corrected chi connectivity index (χ3v) is 6.04. The summed E-state index contributed by atoms with van der Waals surface area (Å²) >= 11 is 0. The first-order valence-corrected chi connectivity index (χ1v) is 9.13. The van der Waals surface area contributed by atoms with Crippen LogP contribution in [0.25, 0.3) is 10.9 Å². The van der Waals surface area contributed by atoms with E-state index in [1.54, 1.807) is 13.8 Å². The summed E-state index contributed by atoms with van der Waals surface area (Å²) in [6, 6.07) is 6.84. The van der Waals surface area contributed by atoms with Gasteiger partial charge in [-0.2, -0.15) is 0 Å². The third-order valence-electron chi connectivity index (χ3n) is 6.04. The Morgan fingerprint density at radius 2 is 2.20 bits per heavy atom. The number of aromatic amines is 1. The van der Waals surface area contributed by atoms with Crippen molar-refractivity contribution < 1.29 is 14.6 Å². The minimum absolute atomic E-state index is 0.150. The molecule has 2 heterocycles. The van der Waals surface area contributed by atoms with Crippen LogP contribution in [0.5, 0.6) is 0 Å². The number of hydrogen-bond donors (Lipinski definition) is 2. The molecule has 5 heteroatoms. The number of nitrogens with zero attached hydrogens (tertiary/aromatic N) is 1. The molecule has 4 rings (SSSR count). The average molecular weight is 342 g/mol. The van der Waals surface area contributed by atoms with Crippen molar-refractivity contribution in [2.75, 3.05) is 13.6 Å². The Bertz CT molecular complexity index is 797. The van der Waals surface area contributed by atoms with E-state index in [0.717, 1.165) is 12.8 Å². The van der Waals surface area contributed by atoms with Gasteiger partial charge in [0, 0.05) is 35.6 Å². The highest BCUT2D eigenvalue weighted by atomic mass is 16.6. The van der Waals surface area contributed by atoms with Crippen LogP contribution in [0.2, 0.25) is 0 Å². The number of H-pyrrole nitrogens is 1. The van der Waals surface area contributed by atoms with E-state index >= 15 is 0 Å². The number of aromatic nitrogens is 1. The van der Waals surface area contributed by atoms with Gasteiger partial charge < -0.3 is 19.7 Å². The Hall–Kier alpha value is -1.85. The Morgan fingerprint density at radius 1 is 1.40 bits per heavy atom. The molecule has 0 radical (unpaired) electrons. The van der Waals surface area contributed by atoms with E-state index in [9.17, 15) is 9.90 Å². The van der Waals surface area contributed by atoms with Crippen molar-refractivity contribution in [2.24, 2.45) is 5.92 Å². The van der Waals surface area contributed by atoms with Crippen LogP contribution in [-0.2, 0) is 16.0 Å². The highest BCUT2D eigenvalue weighted by Crippen LogP contribution is 2.44. The Balaban J connectivity index is 1.62. The molecule has 1 aromatic heterocycles. The molecule has 0 bridgehead atoms. The third kappa shape index (κ3) is 2.75. The fraction of sp³-hybridized carbons (Fsp3) is 0.550. The number of piperidine rings is 1. The lowest BCUT2D eigenvalue weighted by Gasteiger charge is -2.45. The molecule has 134 valence electrons. The van der Waals surface area contributed by atoms with Crippen LogP contribution in [-0.4, -0.2) is 52.8 Å². The predicted molar refractivity (Wildman–Crippen MR) is 96.5 cm³/mol. The van der Waals surface area contributed by atoms with Crippen molar-refractivity contribution in [1.82, 2.24) is 9.88 Å². The number of likely N-dealkylation sites (N-methyl/N-ethyl adjacent to an activating group) is 1. The molecule has 2 unspecified atom stereocenters. The van der Waals surface area contributed by atoms with Gasteiger partial charge in [-0.05, 0) is 50.9 Å². The molecular formula is C20H26N2O3. The molecule has 5 atom stereocenters. The second-order valence-electron chi connectivity index (χ2n) is 7.72. The number of fused-ring (bicyclic) bond motifs is 2. The molecule has 1 aromatic carbocycles. The minimum Gasteiger partial charge on any atom is -0.460 e. The van der Waals surface area contributed by atoms with Crippen LogP contribution in [0, 0.1) is 5.92 Å². The lowest BCUT2D eigenvalue weighted by molar-refractivity contribution is -0.160. The van der Waals surface area contributed by atoms with Crippen LogP contribution in [0.3, 0.4) is 0 Å². The van der Waals surface area contributed by atoms with E-state index in [-0.39, 0.29) is 11.9 Å². The SMILES string of the molecule is CC(O)C(C)OC(=O)[C@@H]1C[C@@H]2c3cccc4[nH]cc(c34)C[C@H]2N(C)C1. The molecule has 0 amide bonds. The number of nitrogens with one attached hydrogen (secondary N) is 1. The lowest BCUT2D eigenvalue weighted by Crippen LogP contribution is -2.50. The second-order valence-corrected chi connectivity index (χ2v) is 7.72. The number of carbonyl (C=O) groups excluding carboxylic acids is 1. The normalized spacial score (nSPS) is 28.4. The van der Waals surface area contributed by atoms with Gasteiger partial charge in [0.15, 0.2) is 0 Å². The van der Waals surface area contributed by atoms with Gasteiger partial charge in [0.05, 0.1) is 12.0 Å². The summed E-state index contributed by atoms with van der Waals surface area (Å²) in [5.41, 5.74) is 3.90. The van der Waals surface area contributed by atoms with Crippen molar-refractivity contribution in [3.63, 3.8) is 0 Å². The summed E-state index contributed by atoms with van der Waals surface area (Å²) in [6.45, 7) is 4.10. The summed E-state index contributed by atoms with van der Waals surface area (Å²) in [5.74, 6) is -0.000838. The van der Waals surface area contributed by atoms with E-state index in [0.29, 0.717) is 18.5 Å². The standard InChI is InChI=1S/C20H26N2O3/c1-11(23)12(2)25-20(24)14-7-16-15-5-4-6-17-19(15)13(9-21-17)8-18(16)22(3)10-14/h4-6,9,11-12,14,16,18,21,23H,7-8,10H2,1-3H3/t11?,12?,14-,16-,18-/m1/s1. The van der Waals surface area contributed by atoms with Gasteiger partial charge >= 0.3 is 5.97 Å². The van der Waals surface area contributed by atoms with Gasteiger partial charge in [0.1, 0.15) is 6.10 Å². The second kappa shape index (κ2) is 6.15. The highest BCUT2D eigenvalue weighted by Gasteiger charge is 2.42. The molecule has 2 aromatic rings. The molecular weight excluding hydrogens is 316 g/mol. The van der Waals surface area contributed by atoms with Crippen molar-refractivity contribution in [2.45, 2.75) is 50.9 Å². The molecule has 0 spiro atoms. The number of hydrogen-bond acceptors (Lipinski definition) is 4. The lowest BCUT2D eigenvalue weighted by atomic mass is 9.72. The molecule has 2 N–H and O–H groups in total. The summed E-state index contributed by atoms with van der Waals surface area (Å²) in [5, 5.41) is 10.9. The van der Waals surface area contributed by atoms with Crippen LogP contribution in [0.15, 0.2) is 24.4 Å². The number of benzene rings is 1. The molecule has 25 heavy (non-hydrogen) atoms. The average Bonchev–Trinajstić information content (AvgIpc) is 3.00. The van der Waals surface area contributed by atoms with Gasteiger partial charge in [-0.25, -0.2) is 0 Å². The molecule has 2 aliphatic rings. The van der Waals surface area contributed by atoms with Crippen LogP contribution in [0.4, 0.5) is 0 Å². The Kier molecular flexibility index (Phi) is 4.08. The minimum atomic E-state index is -0.649. The maximum absolute atomic E-state index is 12.6. The molecule has 1 saturated heterocycles. The van der Waals surface area contributed by atoms with Gasteiger partial charge in [-0.1, -0.05) is 12.1 Å². The van der Waals surface area contributed by atoms with E-state index in [1.807, 2.05) is 0 Å². The first-order valence-electron chi connectivity index (χ1n) is 9.13. The van der Waals surface area contributed by atoms with Crippen molar-refractivity contribution >= 4 is 16.9 Å². The van der Waals surface area contributed by atoms with Crippen molar-refractivity contribution in [3.05, 3.63) is 35.5 Å². The van der Waals surface area contributed by atoms with E-state index in [2.05, 4.69) is 41.3 Å². The van der Waals surface area contributed by atoms with E-state index < -0.39 is 12.2 Å². The first-order chi connectivity index (χ1) is 12.0. The molecule has 1 aliphatic carbocycles. The van der Waals surface area contributed by atoms with Crippen molar-refractivity contribution in [3.8, 4) is 0 Å². The fourth-order valence-electron chi connectivity index (χ4n) is 4.49. The largest absolute Gasteiger partial charge is 0.460 e. The molecule has 1 fully saturated rings. The zero-order valence-electron chi connectivity index (χ0n) is 15.0. The number of aliphatic hydroxyl groups excluding tert-OH is 1. The summed E-state index contributed by atoms with van der Waals surface area (Å²) in [4.78, 5) is 18.3. The maximum Gasteiger partial charge on any atom is 0.310 e. The number of rotatable bonds is 3. The smallest absolute Gasteiger partial charge is 0.310 e. The summed E-state index contributed by atoms with van der Waals surface area (Å²) < 4.78 is 5.49. The van der Waals surface area contributed by atoms with Crippen LogP contribution >= 0.6 is 0 Å². The fourth-order valence-corrected chi connectivity index (χ4v) is 4.49. The number of esters is 1. The van der Waals surface area contributed by atoms with E-state index in [4.69, 9.17) is 4.74 Å². The van der Waals surface area contributed by atoms with Gasteiger partial charge in [-0.15, -0.1) is 0 Å². The molecule has 5 nitrogen and oxygen atoms in total. The molecule has 1 aliphatic heterocycles. The van der Waals surface area contributed by atoms with Crippen molar-refractivity contribution in [1.29, 1.82) is 0 Å². The zero-order chi connectivity index (χ0) is 17.7. The van der Waals surface area contributed by atoms with E-state index in [1.165, 1.54) is 22.0 Å². The van der Waals surface area contributed by atoms with Crippen LogP contribution in [0.1, 0.15) is 37.3 Å². The topological polar surface area (TPSA) is 65.6 Å². The number of aliphatic hydroxyl groups is 1. The van der Waals surface area contributed by atoms with Gasteiger partial charge in [-0.3, -0.25) is 4.79 Å². The number of carbonyl (C=O) groups is 1. The quantitative estimate of drug-likeness (QED) is 0.841. The monoisotopic (exact) mass is 342 g/mol. The first kappa shape index (κ1) is 16.6. The Labute approximate surface area is 148 Å². The molecule has 0 saturated carbocycles. The van der Waals surface area contributed by atoms with Crippen LogP contribution < -0.4 is 0 Å². The maximum atomic E-state index is 12.6. The van der Waals surface area contributed by atoms with Gasteiger partial charge in [0.2, 0.25) is 0 Å². The number of likely N-dealkylation sites (tertiary alicyclic amines) is 1.